The van der Waals surface area contributed by atoms with Gasteiger partial charge in [0.15, 0.2) is 0 Å². The Morgan fingerprint density at radius 3 is 2.70 bits per heavy atom. The molecule has 1 amide bonds. The normalized spacial score (nSPS) is 22.8. The van der Waals surface area contributed by atoms with Gasteiger partial charge in [-0.1, -0.05) is 0 Å². The van der Waals surface area contributed by atoms with Crippen LogP contribution in [0.2, 0.25) is 0 Å². The average molecular weight is 363 g/mol. The summed E-state index contributed by atoms with van der Waals surface area (Å²) >= 11 is 3.23. The van der Waals surface area contributed by atoms with Gasteiger partial charge in [0.25, 0.3) is 0 Å². The molecule has 1 fully saturated rings. The van der Waals surface area contributed by atoms with Crippen molar-refractivity contribution >= 4 is 37.5 Å². The highest BCUT2D eigenvalue weighted by atomic mass is 79.9. The zero-order valence-corrected chi connectivity index (χ0v) is 13.2. The van der Waals surface area contributed by atoms with Gasteiger partial charge in [-0.25, -0.2) is 13.6 Å². The van der Waals surface area contributed by atoms with Gasteiger partial charge in [-0.3, -0.25) is 4.79 Å². The molecule has 110 valence electrons. The molecule has 2 atom stereocenters. The topological polar surface area (TPSA) is 98.5 Å². The molecule has 6 nitrogen and oxygen atoms in total. The first kappa shape index (κ1) is 15.4. The highest BCUT2D eigenvalue weighted by Gasteiger charge is 2.31. The SMILES string of the molecule is CC1OCCC1C(=O)Nc1ccc(S(N)(=O)=O)cc1Br. The fourth-order valence-electron chi connectivity index (χ4n) is 2.08. The number of halogens is 1. The quantitative estimate of drug-likeness (QED) is 0.849. The monoisotopic (exact) mass is 362 g/mol. The maximum absolute atomic E-state index is 12.1. The second kappa shape index (κ2) is 5.80. The molecule has 8 heteroatoms. The van der Waals surface area contributed by atoms with Crippen LogP contribution in [-0.2, 0) is 19.6 Å². The molecule has 3 N–H and O–H groups in total. The van der Waals surface area contributed by atoms with Crippen LogP contribution >= 0.6 is 15.9 Å². The molecule has 2 rings (SSSR count). The molecule has 1 aliphatic heterocycles. The van der Waals surface area contributed by atoms with Crippen molar-refractivity contribution < 1.29 is 17.9 Å². The van der Waals surface area contributed by atoms with Crippen molar-refractivity contribution in [2.24, 2.45) is 11.1 Å². The molecule has 1 heterocycles. The molecule has 0 aromatic heterocycles. The van der Waals surface area contributed by atoms with E-state index in [9.17, 15) is 13.2 Å². The molecule has 0 saturated carbocycles. The van der Waals surface area contributed by atoms with Crippen molar-refractivity contribution in [1.82, 2.24) is 0 Å². The summed E-state index contributed by atoms with van der Waals surface area (Å²) in [6.07, 6.45) is 0.567. The molecule has 1 saturated heterocycles. The lowest BCUT2D eigenvalue weighted by Gasteiger charge is -2.15. The lowest BCUT2D eigenvalue weighted by atomic mass is 10.0. The number of primary sulfonamides is 1. The van der Waals surface area contributed by atoms with Crippen molar-refractivity contribution in [3.63, 3.8) is 0 Å². The van der Waals surface area contributed by atoms with E-state index in [1.807, 2.05) is 6.92 Å². The molecular weight excluding hydrogens is 348 g/mol. The lowest BCUT2D eigenvalue weighted by molar-refractivity contribution is -0.121. The number of nitrogens with one attached hydrogen (secondary N) is 1. The molecular formula is C12H15BrN2O4S. The van der Waals surface area contributed by atoms with Crippen LogP contribution in [0.25, 0.3) is 0 Å². The minimum absolute atomic E-state index is 0.0139. The second-order valence-electron chi connectivity index (χ2n) is 4.65. The molecule has 20 heavy (non-hydrogen) atoms. The number of amides is 1. The molecule has 0 radical (unpaired) electrons. The maximum Gasteiger partial charge on any atom is 0.238 e. The minimum atomic E-state index is -3.76. The third-order valence-corrected chi connectivity index (χ3v) is 4.81. The summed E-state index contributed by atoms with van der Waals surface area (Å²) in [7, 11) is -3.76. The lowest BCUT2D eigenvalue weighted by Crippen LogP contribution is -2.27. The summed E-state index contributed by atoms with van der Waals surface area (Å²) in [5.74, 6) is -0.334. The van der Waals surface area contributed by atoms with E-state index in [2.05, 4.69) is 21.2 Å². The summed E-state index contributed by atoms with van der Waals surface area (Å²) in [4.78, 5) is 12.1. The number of hydrogen-bond acceptors (Lipinski definition) is 4. The van der Waals surface area contributed by atoms with Gasteiger partial charge in [0.2, 0.25) is 15.9 Å². The van der Waals surface area contributed by atoms with Gasteiger partial charge in [-0.15, -0.1) is 0 Å². The first-order valence-electron chi connectivity index (χ1n) is 6.04. The van der Waals surface area contributed by atoms with Crippen LogP contribution in [0, 0.1) is 5.92 Å². The summed E-state index contributed by atoms with van der Waals surface area (Å²) in [6.45, 7) is 2.43. The number of rotatable bonds is 3. The van der Waals surface area contributed by atoms with Gasteiger partial charge >= 0.3 is 0 Å². The van der Waals surface area contributed by atoms with E-state index >= 15 is 0 Å². The molecule has 0 spiro atoms. The van der Waals surface area contributed by atoms with Crippen LogP contribution in [0.1, 0.15) is 13.3 Å². The van der Waals surface area contributed by atoms with Crippen LogP contribution in [-0.4, -0.2) is 27.0 Å². The Bertz CT molecular complexity index is 632. The highest BCUT2D eigenvalue weighted by molar-refractivity contribution is 9.10. The van der Waals surface area contributed by atoms with E-state index in [1.165, 1.54) is 18.2 Å². The molecule has 1 aromatic carbocycles. The first-order chi connectivity index (χ1) is 9.29. The molecule has 2 unspecified atom stereocenters. The van der Waals surface area contributed by atoms with E-state index in [-0.39, 0.29) is 22.8 Å². The Kier molecular flexibility index (Phi) is 4.48. The number of nitrogens with two attached hydrogens (primary N) is 1. The van der Waals surface area contributed by atoms with Crippen molar-refractivity contribution in [1.29, 1.82) is 0 Å². The van der Waals surface area contributed by atoms with Gasteiger partial charge in [-0.2, -0.15) is 0 Å². The van der Waals surface area contributed by atoms with Crippen LogP contribution in [0.5, 0.6) is 0 Å². The van der Waals surface area contributed by atoms with Gasteiger partial charge in [0.1, 0.15) is 0 Å². The second-order valence-corrected chi connectivity index (χ2v) is 7.06. The highest BCUT2D eigenvalue weighted by Crippen LogP contribution is 2.28. The van der Waals surface area contributed by atoms with Crippen molar-refractivity contribution in [2.75, 3.05) is 11.9 Å². The van der Waals surface area contributed by atoms with Crippen molar-refractivity contribution in [3.8, 4) is 0 Å². The van der Waals surface area contributed by atoms with E-state index in [0.29, 0.717) is 23.2 Å². The largest absolute Gasteiger partial charge is 0.378 e. The summed E-state index contributed by atoms with van der Waals surface area (Å²) in [5.41, 5.74) is 0.501. The predicted octanol–water partition coefficient (Wildman–Crippen LogP) is 1.46. The Morgan fingerprint density at radius 2 is 2.20 bits per heavy atom. The number of carbonyl (C=O) groups is 1. The summed E-state index contributed by atoms with van der Waals surface area (Å²) < 4.78 is 28.3. The Hall–Kier alpha value is -0.960. The average Bonchev–Trinajstić information content (AvgIpc) is 2.76. The Balaban J connectivity index is 2.16. The smallest absolute Gasteiger partial charge is 0.238 e. The fourth-order valence-corrected chi connectivity index (χ4v) is 3.24. The van der Waals surface area contributed by atoms with Gasteiger partial charge < -0.3 is 10.1 Å². The number of benzene rings is 1. The number of sulfonamides is 1. The van der Waals surface area contributed by atoms with Crippen LogP contribution in [0.15, 0.2) is 27.6 Å². The van der Waals surface area contributed by atoms with Crippen molar-refractivity contribution in [3.05, 3.63) is 22.7 Å². The Labute approximate surface area is 125 Å². The number of ether oxygens (including phenoxy) is 1. The Morgan fingerprint density at radius 1 is 1.50 bits per heavy atom. The number of carbonyl (C=O) groups excluding carboxylic acids is 1. The molecule has 1 aliphatic rings. The van der Waals surface area contributed by atoms with Gasteiger partial charge in [0, 0.05) is 11.1 Å². The summed E-state index contributed by atoms with van der Waals surface area (Å²) in [5, 5.41) is 7.80. The molecule has 0 aliphatic carbocycles. The molecule has 1 aromatic rings. The minimum Gasteiger partial charge on any atom is -0.378 e. The number of hydrogen-bond donors (Lipinski definition) is 2. The predicted molar refractivity (Wildman–Crippen MR) is 77.7 cm³/mol. The van der Waals surface area contributed by atoms with E-state index in [0.717, 1.165) is 0 Å². The van der Waals surface area contributed by atoms with E-state index < -0.39 is 10.0 Å². The third-order valence-electron chi connectivity index (χ3n) is 3.24. The van der Waals surface area contributed by atoms with Gasteiger partial charge in [0.05, 0.1) is 22.6 Å². The van der Waals surface area contributed by atoms with Crippen LogP contribution < -0.4 is 10.5 Å². The van der Waals surface area contributed by atoms with Crippen molar-refractivity contribution in [2.45, 2.75) is 24.3 Å². The standard InChI is InChI=1S/C12H15BrN2O4S/c1-7-9(4-5-19-7)12(16)15-11-3-2-8(6-10(11)13)20(14,17)18/h2-3,6-7,9H,4-5H2,1H3,(H,15,16)(H2,14,17,18). The zero-order valence-electron chi connectivity index (χ0n) is 10.8. The van der Waals surface area contributed by atoms with E-state index in [1.54, 1.807) is 0 Å². The summed E-state index contributed by atoms with van der Waals surface area (Å²) in [6, 6.07) is 4.21. The van der Waals surface area contributed by atoms with Crippen LogP contribution in [0.4, 0.5) is 5.69 Å². The fraction of sp³-hybridized carbons (Fsp3) is 0.417. The van der Waals surface area contributed by atoms with Gasteiger partial charge in [-0.05, 0) is 47.5 Å². The first-order valence-corrected chi connectivity index (χ1v) is 8.38. The maximum atomic E-state index is 12.1. The molecule has 0 bridgehead atoms. The van der Waals surface area contributed by atoms with Crippen LogP contribution in [0.3, 0.4) is 0 Å². The number of anilines is 1. The zero-order chi connectivity index (χ0) is 14.9. The third kappa shape index (κ3) is 3.38. The van der Waals surface area contributed by atoms with E-state index in [4.69, 9.17) is 9.88 Å².